The predicted octanol–water partition coefficient (Wildman–Crippen LogP) is 7.41. The van der Waals surface area contributed by atoms with Crippen LogP contribution in [0.3, 0.4) is 0 Å². The molecule has 174 valence electrons. The van der Waals surface area contributed by atoms with Crippen LogP contribution in [0.4, 0.5) is 0 Å². The molecule has 0 bridgehead atoms. The van der Waals surface area contributed by atoms with Gasteiger partial charge in [0.05, 0.1) is 17.9 Å². The van der Waals surface area contributed by atoms with E-state index in [1.165, 1.54) is 44.1 Å². The summed E-state index contributed by atoms with van der Waals surface area (Å²) in [6.45, 7) is 5.47. The van der Waals surface area contributed by atoms with E-state index in [2.05, 4.69) is 11.9 Å². The normalized spacial score (nSPS) is 10.8. The van der Waals surface area contributed by atoms with Crippen LogP contribution in [0, 0.1) is 0 Å². The van der Waals surface area contributed by atoms with Crippen LogP contribution in [-0.4, -0.2) is 17.6 Å². The average Bonchev–Trinajstić information content (AvgIpc) is 2.86. The molecule has 2 aromatic carbocycles. The number of ether oxygens (including phenoxy) is 2. The Morgan fingerprint density at radius 1 is 0.788 bits per heavy atom. The van der Waals surface area contributed by atoms with Crippen LogP contribution in [0.5, 0.6) is 5.75 Å². The summed E-state index contributed by atoms with van der Waals surface area (Å²) in [5.41, 5.74) is 4.72. The Morgan fingerprint density at radius 2 is 1.48 bits per heavy atom. The molecule has 0 aliphatic rings. The highest BCUT2D eigenvalue weighted by Gasteiger charge is 2.09. The largest absolute Gasteiger partial charge is 0.423 e. The Kier molecular flexibility index (Phi) is 10.1. The molecule has 0 aliphatic carbocycles. The van der Waals surface area contributed by atoms with Gasteiger partial charge in [-0.05, 0) is 73.4 Å². The summed E-state index contributed by atoms with van der Waals surface area (Å²) >= 11 is 0. The molecule has 0 N–H and O–H groups in total. The van der Waals surface area contributed by atoms with Gasteiger partial charge in [0.15, 0.2) is 0 Å². The Balaban J connectivity index is 1.49. The van der Waals surface area contributed by atoms with E-state index in [1.54, 1.807) is 12.1 Å². The number of aryl methyl sites for hydroxylation is 1. The zero-order valence-corrected chi connectivity index (χ0v) is 19.9. The van der Waals surface area contributed by atoms with Crippen molar-refractivity contribution in [2.45, 2.75) is 65.4 Å². The lowest BCUT2D eigenvalue weighted by molar-refractivity contribution is 0.0734. The third-order valence-corrected chi connectivity index (χ3v) is 5.67. The summed E-state index contributed by atoms with van der Waals surface area (Å²) in [6.07, 6.45) is 10.6. The molecule has 0 fully saturated rings. The first-order chi connectivity index (χ1) is 16.2. The van der Waals surface area contributed by atoms with Crippen LogP contribution in [0.2, 0.25) is 0 Å². The molecule has 4 heteroatoms. The van der Waals surface area contributed by atoms with E-state index in [0.717, 1.165) is 23.2 Å². The fourth-order valence-corrected chi connectivity index (χ4v) is 3.68. The van der Waals surface area contributed by atoms with Crippen molar-refractivity contribution >= 4 is 5.97 Å². The topological polar surface area (TPSA) is 48.4 Å². The second-order valence-corrected chi connectivity index (χ2v) is 8.32. The van der Waals surface area contributed by atoms with Gasteiger partial charge in [0, 0.05) is 18.4 Å². The minimum atomic E-state index is -0.340. The van der Waals surface area contributed by atoms with E-state index < -0.39 is 0 Å². The smallest absolute Gasteiger partial charge is 0.343 e. The first kappa shape index (κ1) is 24.7. The number of nitrogens with zero attached hydrogens (tertiary/aromatic N) is 1. The summed E-state index contributed by atoms with van der Waals surface area (Å²) in [5.74, 6) is 0.181. The summed E-state index contributed by atoms with van der Waals surface area (Å²) in [4.78, 5) is 17.0. The number of aromatic nitrogens is 1. The predicted molar refractivity (Wildman–Crippen MR) is 133 cm³/mol. The Morgan fingerprint density at radius 3 is 2.15 bits per heavy atom. The first-order valence-electron chi connectivity index (χ1n) is 12.1. The van der Waals surface area contributed by atoms with Crippen molar-refractivity contribution in [2.24, 2.45) is 0 Å². The zero-order chi connectivity index (χ0) is 23.3. The van der Waals surface area contributed by atoms with Crippen molar-refractivity contribution in [1.82, 2.24) is 4.98 Å². The SMILES string of the molecule is CCCCCCCCc1ccc(C(=O)Oc2ccc(-c3ccc(COCC)cn3)cc2)cc1. The number of hydrogen-bond donors (Lipinski definition) is 0. The van der Waals surface area contributed by atoms with Crippen molar-refractivity contribution in [1.29, 1.82) is 0 Å². The van der Waals surface area contributed by atoms with Crippen molar-refractivity contribution in [3.63, 3.8) is 0 Å². The third kappa shape index (κ3) is 8.14. The van der Waals surface area contributed by atoms with Crippen LogP contribution >= 0.6 is 0 Å². The number of pyridine rings is 1. The Bertz CT molecular complexity index is 963. The van der Waals surface area contributed by atoms with Gasteiger partial charge in [0.25, 0.3) is 0 Å². The monoisotopic (exact) mass is 445 g/mol. The molecule has 0 aliphatic heterocycles. The molecule has 0 radical (unpaired) electrons. The number of benzene rings is 2. The van der Waals surface area contributed by atoms with Crippen molar-refractivity contribution in [3.05, 3.63) is 83.6 Å². The molecule has 1 heterocycles. The zero-order valence-electron chi connectivity index (χ0n) is 19.9. The number of hydrogen-bond acceptors (Lipinski definition) is 4. The lowest BCUT2D eigenvalue weighted by atomic mass is 10.0. The summed E-state index contributed by atoms with van der Waals surface area (Å²) in [6, 6.07) is 19.2. The van der Waals surface area contributed by atoms with Gasteiger partial charge < -0.3 is 9.47 Å². The molecule has 3 aromatic rings. The van der Waals surface area contributed by atoms with Crippen molar-refractivity contribution in [3.8, 4) is 17.0 Å². The van der Waals surface area contributed by atoms with Crippen molar-refractivity contribution in [2.75, 3.05) is 6.61 Å². The van der Waals surface area contributed by atoms with Crippen LogP contribution in [0.15, 0.2) is 66.9 Å². The second-order valence-electron chi connectivity index (χ2n) is 8.32. The number of carbonyl (C=O) groups excluding carboxylic acids is 1. The van der Waals surface area contributed by atoms with Crippen LogP contribution in [0.1, 0.15) is 73.9 Å². The maximum Gasteiger partial charge on any atom is 0.343 e. The average molecular weight is 446 g/mol. The molecule has 0 amide bonds. The number of rotatable bonds is 13. The number of carbonyl (C=O) groups is 1. The molecule has 3 rings (SSSR count). The maximum atomic E-state index is 12.5. The van der Waals surface area contributed by atoms with Crippen LogP contribution in [0.25, 0.3) is 11.3 Å². The lowest BCUT2D eigenvalue weighted by Gasteiger charge is -2.07. The van der Waals surface area contributed by atoms with E-state index in [0.29, 0.717) is 24.5 Å². The van der Waals surface area contributed by atoms with E-state index in [4.69, 9.17) is 9.47 Å². The molecule has 0 saturated heterocycles. The van der Waals surface area contributed by atoms with Gasteiger partial charge in [-0.2, -0.15) is 0 Å². The fraction of sp³-hybridized carbons (Fsp3) is 0.379. The molecular formula is C29H35NO3. The van der Waals surface area contributed by atoms with Gasteiger partial charge in [-0.15, -0.1) is 0 Å². The Labute approximate surface area is 198 Å². The number of esters is 1. The molecule has 0 spiro atoms. The van der Waals surface area contributed by atoms with Crippen LogP contribution in [-0.2, 0) is 17.8 Å². The van der Waals surface area contributed by atoms with Crippen molar-refractivity contribution < 1.29 is 14.3 Å². The molecule has 1 aromatic heterocycles. The number of unbranched alkanes of at least 4 members (excludes halogenated alkanes) is 5. The molecule has 33 heavy (non-hydrogen) atoms. The second kappa shape index (κ2) is 13.5. The van der Waals surface area contributed by atoms with E-state index in [1.807, 2.05) is 61.7 Å². The highest BCUT2D eigenvalue weighted by molar-refractivity contribution is 5.91. The van der Waals surface area contributed by atoms with Crippen LogP contribution < -0.4 is 4.74 Å². The van der Waals surface area contributed by atoms with E-state index in [-0.39, 0.29) is 5.97 Å². The quantitative estimate of drug-likeness (QED) is 0.156. The molecule has 0 atom stereocenters. The van der Waals surface area contributed by atoms with Gasteiger partial charge in [0.2, 0.25) is 0 Å². The van der Waals surface area contributed by atoms with E-state index in [9.17, 15) is 4.79 Å². The molecular weight excluding hydrogens is 410 g/mol. The minimum absolute atomic E-state index is 0.340. The fourth-order valence-electron chi connectivity index (χ4n) is 3.68. The Hall–Kier alpha value is -2.98. The van der Waals surface area contributed by atoms with Gasteiger partial charge in [-0.3, -0.25) is 4.98 Å². The maximum absolute atomic E-state index is 12.5. The van der Waals surface area contributed by atoms with Gasteiger partial charge in [0.1, 0.15) is 5.75 Å². The third-order valence-electron chi connectivity index (χ3n) is 5.67. The van der Waals surface area contributed by atoms with E-state index >= 15 is 0 Å². The standard InChI is InChI=1S/C29H35NO3/c1-3-5-6-7-8-9-10-23-11-14-26(15-12-23)29(31)33-27-18-16-25(17-19-27)28-20-13-24(21-30-28)22-32-4-2/h11-21H,3-10,22H2,1-2H3. The first-order valence-corrected chi connectivity index (χ1v) is 12.1. The molecule has 0 saturated carbocycles. The van der Waals surface area contributed by atoms with Gasteiger partial charge >= 0.3 is 5.97 Å². The summed E-state index contributed by atoms with van der Waals surface area (Å²) in [7, 11) is 0. The van der Waals surface area contributed by atoms with Gasteiger partial charge in [-0.1, -0.05) is 57.2 Å². The lowest BCUT2D eigenvalue weighted by Crippen LogP contribution is -2.08. The highest BCUT2D eigenvalue weighted by atomic mass is 16.5. The molecule has 4 nitrogen and oxygen atoms in total. The van der Waals surface area contributed by atoms with Gasteiger partial charge in [-0.25, -0.2) is 4.79 Å². The molecule has 0 unspecified atom stereocenters. The minimum Gasteiger partial charge on any atom is -0.423 e. The highest BCUT2D eigenvalue weighted by Crippen LogP contribution is 2.22. The summed E-state index contributed by atoms with van der Waals surface area (Å²) in [5, 5.41) is 0. The summed E-state index contributed by atoms with van der Waals surface area (Å²) < 4.78 is 11.0.